The molecule has 1 aliphatic rings. The van der Waals surface area contributed by atoms with Gasteiger partial charge in [-0.25, -0.2) is 8.42 Å². The Bertz CT molecular complexity index is 1280. The molecule has 0 fully saturated rings. The molecule has 0 radical (unpaired) electrons. The van der Waals surface area contributed by atoms with Crippen molar-refractivity contribution in [2.75, 3.05) is 31.3 Å². The Kier molecular flexibility index (Phi) is 7.88. The van der Waals surface area contributed by atoms with E-state index in [1.807, 2.05) is 18.2 Å². The largest absolute Gasteiger partial charge is 0.394 e. The molecule has 4 rings (SSSR count). The van der Waals surface area contributed by atoms with Crippen LogP contribution in [0.1, 0.15) is 22.3 Å². The molecule has 1 heterocycles. The van der Waals surface area contributed by atoms with Gasteiger partial charge in [0.1, 0.15) is 0 Å². The van der Waals surface area contributed by atoms with Gasteiger partial charge in [-0.2, -0.15) is 4.31 Å². The maximum absolute atomic E-state index is 12.0. The first-order valence-electron chi connectivity index (χ1n) is 11.8. The quantitative estimate of drug-likeness (QED) is 0.364. The fraction of sp³-hybridized carbons (Fsp3) is 0.333. The third kappa shape index (κ3) is 6.28. The maximum Gasteiger partial charge on any atom is 0.211 e. The first kappa shape index (κ1) is 25.3. The summed E-state index contributed by atoms with van der Waals surface area (Å²) in [6, 6.07) is 20.6. The molecule has 1 atom stereocenters. The fourth-order valence-corrected chi connectivity index (χ4v) is 5.20. The van der Waals surface area contributed by atoms with Crippen LogP contribution in [0.4, 0.5) is 11.4 Å². The molecular weight excluding hydrogens is 462 g/mol. The zero-order valence-corrected chi connectivity index (χ0v) is 21.0. The van der Waals surface area contributed by atoms with Gasteiger partial charge in [0.2, 0.25) is 10.0 Å². The van der Waals surface area contributed by atoms with Crippen molar-refractivity contribution in [2.24, 2.45) is 0 Å². The SMILES string of the molecule is Cc1ccc(Nc2cccc3c2CCN(S(C)(=O)=O)C3)cc1-c1ccc(CNCC(O)CO)cc1. The molecule has 0 saturated carbocycles. The van der Waals surface area contributed by atoms with Gasteiger partial charge in [-0.15, -0.1) is 0 Å². The van der Waals surface area contributed by atoms with E-state index in [-0.39, 0.29) is 6.61 Å². The number of aliphatic hydroxyl groups is 2. The zero-order chi connectivity index (χ0) is 25.0. The Labute approximate surface area is 207 Å². The standard InChI is InChI=1S/C27H33N3O4S/c1-19-6-11-23(14-26(19)21-9-7-20(8-10-21)15-28-16-24(32)18-31)29-27-5-3-4-22-17-30(35(2,33)34)13-12-25(22)27/h3-11,14,24,28-29,31-32H,12-13,15-18H2,1-2H3. The van der Waals surface area contributed by atoms with E-state index in [1.54, 1.807) is 0 Å². The number of aliphatic hydroxyl groups excluding tert-OH is 2. The zero-order valence-electron chi connectivity index (χ0n) is 20.2. The van der Waals surface area contributed by atoms with Crippen LogP contribution in [0.25, 0.3) is 11.1 Å². The van der Waals surface area contributed by atoms with E-state index in [1.165, 1.54) is 16.1 Å². The summed E-state index contributed by atoms with van der Waals surface area (Å²) in [7, 11) is -3.21. The third-order valence-corrected chi connectivity index (χ3v) is 7.65. The molecule has 3 aromatic carbocycles. The van der Waals surface area contributed by atoms with Crippen molar-refractivity contribution in [3.8, 4) is 11.1 Å². The summed E-state index contributed by atoms with van der Waals surface area (Å²) in [5.74, 6) is 0. The number of hydrogen-bond donors (Lipinski definition) is 4. The van der Waals surface area contributed by atoms with Crippen LogP contribution in [-0.2, 0) is 29.5 Å². The van der Waals surface area contributed by atoms with Crippen LogP contribution in [0.2, 0.25) is 0 Å². The number of aryl methyl sites for hydroxylation is 1. The molecule has 8 heteroatoms. The average molecular weight is 496 g/mol. The minimum atomic E-state index is -3.21. The van der Waals surface area contributed by atoms with Crippen LogP contribution >= 0.6 is 0 Å². The number of nitrogens with zero attached hydrogens (tertiary/aromatic N) is 1. The highest BCUT2D eigenvalue weighted by Gasteiger charge is 2.24. The summed E-state index contributed by atoms with van der Waals surface area (Å²) in [5, 5.41) is 25.1. The highest BCUT2D eigenvalue weighted by atomic mass is 32.2. The topological polar surface area (TPSA) is 102 Å². The third-order valence-electron chi connectivity index (χ3n) is 6.40. The molecule has 4 N–H and O–H groups in total. The van der Waals surface area contributed by atoms with Crippen LogP contribution in [0.5, 0.6) is 0 Å². The van der Waals surface area contributed by atoms with Crippen LogP contribution in [-0.4, -0.2) is 55.0 Å². The van der Waals surface area contributed by atoms with Gasteiger partial charge in [0.25, 0.3) is 0 Å². The molecular formula is C27H33N3O4S. The Hall–Kier alpha value is -2.75. The molecule has 0 bridgehead atoms. The minimum absolute atomic E-state index is 0.250. The molecule has 0 aromatic heterocycles. The van der Waals surface area contributed by atoms with Crippen LogP contribution in [0, 0.1) is 6.92 Å². The van der Waals surface area contributed by atoms with E-state index in [2.05, 4.69) is 60.0 Å². The summed E-state index contributed by atoms with van der Waals surface area (Å²) in [6.45, 7) is 3.71. The molecule has 0 spiro atoms. The molecule has 1 aliphatic heterocycles. The number of fused-ring (bicyclic) bond motifs is 1. The van der Waals surface area contributed by atoms with E-state index in [0.29, 0.717) is 32.6 Å². The van der Waals surface area contributed by atoms with Gasteiger partial charge in [0.15, 0.2) is 0 Å². The first-order valence-corrected chi connectivity index (χ1v) is 13.6. The Balaban J connectivity index is 1.50. The normalized spacial score (nSPS) is 15.0. The summed E-state index contributed by atoms with van der Waals surface area (Å²) < 4.78 is 25.5. The van der Waals surface area contributed by atoms with Gasteiger partial charge in [0.05, 0.1) is 19.0 Å². The first-order chi connectivity index (χ1) is 16.7. The lowest BCUT2D eigenvalue weighted by Crippen LogP contribution is -2.35. The highest BCUT2D eigenvalue weighted by Crippen LogP contribution is 2.32. The molecule has 1 unspecified atom stereocenters. The van der Waals surface area contributed by atoms with Gasteiger partial charge in [-0.1, -0.05) is 42.5 Å². The maximum atomic E-state index is 12.0. The Morgan fingerprint density at radius 2 is 1.86 bits per heavy atom. The fourth-order valence-electron chi connectivity index (χ4n) is 4.40. The van der Waals surface area contributed by atoms with E-state index >= 15 is 0 Å². The van der Waals surface area contributed by atoms with E-state index in [9.17, 15) is 13.5 Å². The second-order valence-electron chi connectivity index (χ2n) is 9.11. The second kappa shape index (κ2) is 10.9. The van der Waals surface area contributed by atoms with Crippen LogP contribution in [0.15, 0.2) is 60.7 Å². The van der Waals surface area contributed by atoms with Gasteiger partial charge < -0.3 is 20.8 Å². The van der Waals surface area contributed by atoms with Crippen molar-refractivity contribution < 1.29 is 18.6 Å². The van der Waals surface area contributed by atoms with Gasteiger partial charge in [-0.3, -0.25) is 0 Å². The Morgan fingerprint density at radius 1 is 1.09 bits per heavy atom. The lowest BCUT2D eigenvalue weighted by atomic mass is 9.97. The van der Waals surface area contributed by atoms with Gasteiger partial charge in [-0.05, 0) is 64.9 Å². The van der Waals surface area contributed by atoms with E-state index in [4.69, 9.17) is 5.11 Å². The van der Waals surface area contributed by atoms with E-state index < -0.39 is 16.1 Å². The number of anilines is 2. The molecule has 0 saturated heterocycles. The molecule has 186 valence electrons. The van der Waals surface area contributed by atoms with Crippen molar-refractivity contribution >= 4 is 21.4 Å². The Morgan fingerprint density at radius 3 is 2.57 bits per heavy atom. The van der Waals surface area contributed by atoms with Crippen LogP contribution < -0.4 is 10.6 Å². The van der Waals surface area contributed by atoms with Crippen molar-refractivity contribution in [3.63, 3.8) is 0 Å². The summed E-state index contributed by atoms with van der Waals surface area (Å²) in [5.41, 5.74) is 8.72. The number of benzene rings is 3. The summed E-state index contributed by atoms with van der Waals surface area (Å²) in [4.78, 5) is 0. The van der Waals surface area contributed by atoms with Gasteiger partial charge >= 0.3 is 0 Å². The van der Waals surface area contributed by atoms with Crippen molar-refractivity contribution in [1.82, 2.24) is 9.62 Å². The van der Waals surface area contributed by atoms with Crippen molar-refractivity contribution in [3.05, 3.63) is 82.9 Å². The molecule has 35 heavy (non-hydrogen) atoms. The average Bonchev–Trinajstić information content (AvgIpc) is 2.85. The highest BCUT2D eigenvalue weighted by molar-refractivity contribution is 7.88. The predicted molar refractivity (Wildman–Crippen MR) is 140 cm³/mol. The number of nitrogens with one attached hydrogen (secondary N) is 2. The number of rotatable bonds is 9. The second-order valence-corrected chi connectivity index (χ2v) is 11.1. The summed E-state index contributed by atoms with van der Waals surface area (Å²) in [6.07, 6.45) is 1.19. The van der Waals surface area contributed by atoms with Crippen molar-refractivity contribution in [1.29, 1.82) is 0 Å². The molecule has 7 nitrogen and oxygen atoms in total. The predicted octanol–water partition coefficient (Wildman–Crippen LogP) is 3.17. The van der Waals surface area contributed by atoms with Gasteiger partial charge in [0, 0.05) is 37.6 Å². The number of hydrogen-bond acceptors (Lipinski definition) is 6. The monoisotopic (exact) mass is 495 g/mol. The molecule has 0 aliphatic carbocycles. The lowest BCUT2D eigenvalue weighted by Gasteiger charge is -2.28. The number of sulfonamides is 1. The minimum Gasteiger partial charge on any atom is -0.394 e. The summed E-state index contributed by atoms with van der Waals surface area (Å²) >= 11 is 0. The van der Waals surface area contributed by atoms with E-state index in [0.717, 1.165) is 39.2 Å². The van der Waals surface area contributed by atoms with Crippen LogP contribution in [0.3, 0.4) is 0 Å². The molecule has 0 amide bonds. The lowest BCUT2D eigenvalue weighted by molar-refractivity contribution is 0.0942. The smallest absolute Gasteiger partial charge is 0.211 e. The molecule has 3 aromatic rings. The van der Waals surface area contributed by atoms with Crippen molar-refractivity contribution in [2.45, 2.75) is 32.5 Å².